The van der Waals surface area contributed by atoms with Crippen LogP contribution in [0.1, 0.15) is 64.7 Å². The van der Waals surface area contributed by atoms with Gasteiger partial charge in [0.05, 0.1) is 6.54 Å². The Bertz CT molecular complexity index is 321. The maximum absolute atomic E-state index is 11.8. The summed E-state index contributed by atoms with van der Waals surface area (Å²) in [6.45, 7) is 2.62. The van der Waals surface area contributed by atoms with Crippen molar-refractivity contribution in [2.24, 2.45) is 11.7 Å². The van der Waals surface area contributed by atoms with E-state index in [9.17, 15) is 9.59 Å². The highest BCUT2D eigenvalue weighted by Gasteiger charge is 2.17. The summed E-state index contributed by atoms with van der Waals surface area (Å²) < 4.78 is 0. The molecule has 5 nitrogen and oxygen atoms in total. The zero-order chi connectivity index (χ0) is 15.5. The maximum atomic E-state index is 11.8. The van der Waals surface area contributed by atoms with Gasteiger partial charge >= 0.3 is 0 Å². The number of carbonyl (C=O) groups is 2. The fraction of sp³-hybridized carbons (Fsp3) is 0.875. The Balaban J connectivity index is 0.00000441. The van der Waals surface area contributed by atoms with Gasteiger partial charge in [-0.1, -0.05) is 39.0 Å². The first-order valence-corrected chi connectivity index (χ1v) is 8.41. The van der Waals surface area contributed by atoms with Crippen molar-refractivity contribution in [2.75, 3.05) is 13.1 Å². The Kier molecular flexibility index (Phi) is 12.2. The number of carbonyl (C=O) groups excluding carboxylic acids is 2. The lowest BCUT2D eigenvalue weighted by Crippen LogP contribution is -2.45. The fourth-order valence-corrected chi connectivity index (χ4v) is 2.88. The van der Waals surface area contributed by atoms with E-state index in [0.29, 0.717) is 18.9 Å². The van der Waals surface area contributed by atoms with Crippen LogP contribution in [0.15, 0.2) is 0 Å². The van der Waals surface area contributed by atoms with Crippen LogP contribution in [-0.4, -0.2) is 30.9 Å². The van der Waals surface area contributed by atoms with Crippen LogP contribution in [0.25, 0.3) is 0 Å². The van der Waals surface area contributed by atoms with Crippen molar-refractivity contribution in [1.82, 2.24) is 10.6 Å². The molecular weight excluding hydrogens is 302 g/mol. The number of nitrogens with two attached hydrogens (primary N) is 1. The molecule has 0 heterocycles. The Labute approximate surface area is 140 Å². The minimum atomic E-state index is -0.140. The second-order valence-electron chi connectivity index (χ2n) is 6.13. The smallest absolute Gasteiger partial charge is 0.239 e. The monoisotopic (exact) mass is 333 g/mol. The number of nitrogens with one attached hydrogen (secondary N) is 2. The number of unbranched alkanes of at least 4 members (excludes halogenated alkanes) is 1. The van der Waals surface area contributed by atoms with E-state index in [4.69, 9.17) is 5.73 Å². The minimum Gasteiger partial charge on any atom is -0.351 e. The van der Waals surface area contributed by atoms with E-state index >= 15 is 0 Å². The summed E-state index contributed by atoms with van der Waals surface area (Å²) in [6.07, 6.45) is 9.64. The summed E-state index contributed by atoms with van der Waals surface area (Å²) in [5.74, 6) is 0.358. The fourth-order valence-electron chi connectivity index (χ4n) is 2.88. The molecule has 0 radical (unpaired) electrons. The summed E-state index contributed by atoms with van der Waals surface area (Å²) in [7, 11) is 0. The zero-order valence-electron chi connectivity index (χ0n) is 13.7. The van der Waals surface area contributed by atoms with Gasteiger partial charge in [0.2, 0.25) is 11.8 Å². The van der Waals surface area contributed by atoms with E-state index in [1.165, 1.54) is 19.3 Å². The van der Waals surface area contributed by atoms with Gasteiger partial charge in [-0.25, -0.2) is 0 Å². The Morgan fingerprint density at radius 1 is 1.18 bits per heavy atom. The van der Waals surface area contributed by atoms with Crippen LogP contribution in [0.5, 0.6) is 0 Å². The summed E-state index contributed by atoms with van der Waals surface area (Å²) in [6, 6.07) is 0.0210. The van der Waals surface area contributed by atoms with Gasteiger partial charge in [0.1, 0.15) is 0 Å². The molecule has 0 aliphatic heterocycles. The van der Waals surface area contributed by atoms with Gasteiger partial charge in [0, 0.05) is 19.0 Å². The molecule has 1 rings (SSSR count). The van der Waals surface area contributed by atoms with E-state index in [2.05, 4.69) is 17.6 Å². The number of hydrogen-bond acceptors (Lipinski definition) is 3. The van der Waals surface area contributed by atoms with Crippen LogP contribution < -0.4 is 16.4 Å². The van der Waals surface area contributed by atoms with Gasteiger partial charge in [0.25, 0.3) is 0 Å². The van der Waals surface area contributed by atoms with Gasteiger partial charge in [-0.2, -0.15) is 0 Å². The predicted octanol–water partition coefficient (Wildman–Crippen LogP) is 2.13. The summed E-state index contributed by atoms with van der Waals surface area (Å²) in [5.41, 5.74) is 5.64. The van der Waals surface area contributed by atoms with E-state index in [0.717, 1.165) is 32.1 Å². The molecular formula is C16H32ClN3O2. The van der Waals surface area contributed by atoms with Crippen LogP contribution in [0.2, 0.25) is 0 Å². The van der Waals surface area contributed by atoms with Crippen LogP contribution in [0.4, 0.5) is 0 Å². The lowest BCUT2D eigenvalue weighted by molar-refractivity contribution is -0.127. The number of rotatable bonds is 9. The van der Waals surface area contributed by atoms with Crippen molar-refractivity contribution in [3.05, 3.63) is 0 Å². The maximum Gasteiger partial charge on any atom is 0.239 e. The van der Waals surface area contributed by atoms with Gasteiger partial charge in [-0.3, -0.25) is 9.59 Å². The first kappa shape index (κ1) is 21.2. The second kappa shape index (κ2) is 12.7. The molecule has 0 aromatic carbocycles. The highest BCUT2D eigenvalue weighted by Crippen LogP contribution is 2.25. The molecule has 4 N–H and O–H groups in total. The van der Waals surface area contributed by atoms with Crippen LogP contribution in [-0.2, 0) is 9.59 Å². The first-order valence-electron chi connectivity index (χ1n) is 8.41. The van der Waals surface area contributed by atoms with E-state index in [1.54, 1.807) is 0 Å². The first-order chi connectivity index (χ1) is 10.2. The second-order valence-corrected chi connectivity index (χ2v) is 6.13. The van der Waals surface area contributed by atoms with Crippen LogP contribution in [0.3, 0.4) is 0 Å². The molecule has 1 aliphatic rings. The molecule has 6 heteroatoms. The lowest BCUT2D eigenvalue weighted by Gasteiger charge is -2.21. The van der Waals surface area contributed by atoms with Gasteiger partial charge in [0.15, 0.2) is 0 Å². The molecule has 1 fully saturated rings. The average molecular weight is 334 g/mol. The lowest BCUT2D eigenvalue weighted by atomic mass is 9.87. The third kappa shape index (κ3) is 9.26. The highest BCUT2D eigenvalue weighted by molar-refractivity contribution is 5.85. The molecule has 1 aliphatic carbocycles. The van der Waals surface area contributed by atoms with E-state index < -0.39 is 0 Å². The zero-order valence-corrected chi connectivity index (χ0v) is 14.6. The molecule has 0 saturated heterocycles. The molecule has 0 bridgehead atoms. The van der Waals surface area contributed by atoms with Crippen molar-refractivity contribution in [1.29, 1.82) is 0 Å². The largest absolute Gasteiger partial charge is 0.351 e. The normalized spacial score (nSPS) is 16.5. The number of halogens is 1. The quantitative estimate of drug-likeness (QED) is 0.604. The summed E-state index contributed by atoms with van der Waals surface area (Å²) in [4.78, 5) is 23.6. The molecule has 0 aromatic rings. The molecule has 1 unspecified atom stereocenters. The Morgan fingerprint density at radius 3 is 2.45 bits per heavy atom. The number of amides is 2. The van der Waals surface area contributed by atoms with Crippen molar-refractivity contribution >= 4 is 24.2 Å². The van der Waals surface area contributed by atoms with E-state index in [1.807, 2.05) is 0 Å². The van der Waals surface area contributed by atoms with E-state index in [-0.39, 0.29) is 36.8 Å². The van der Waals surface area contributed by atoms with Gasteiger partial charge in [-0.05, 0) is 25.2 Å². The highest BCUT2D eigenvalue weighted by atomic mass is 35.5. The standard InChI is InChI=1S/C16H31N3O2.ClH/c1-2-3-9-14(11-17)19-16(21)12-18-15(20)10-13-7-5-4-6-8-13;/h13-14H,2-12,17H2,1H3,(H,18,20)(H,19,21);1H. The molecule has 1 atom stereocenters. The summed E-state index contributed by atoms with van der Waals surface area (Å²) in [5, 5.41) is 5.61. The predicted molar refractivity (Wildman–Crippen MR) is 92.0 cm³/mol. The third-order valence-corrected chi connectivity index (χ3v) is 4.20. The number of hydrogen-bond donors (Lipinski definition) is 3. The Morgan fingerprint density at radius 2 is 1.86 bits per heavy atom. The molecule has 1 saturated carbocycles. The van der Waals surface area contributed by atoms with Crippen molar-refractivity contribution in [3.8, 4) is 0 Å². The SMILES string of the molecule is CCCCC(CN)NC(=O)CNC(=O)CC1CCCCC1.Cl. The van der Waals surface area contributed by atoms with Crippen molar-refractivity contribution in [2.45, 2.75) is 70.8 Å². The van der Waals surface area contributed by atoms with Gasteiger partial charge < -0.3 is 16.4 Å². The molecule has 0 spiro atoms. The third-order valence-electron chi connectivity index (χ3n) is 4.20. The molecule has 0 aromatic heterocycles. The Hall–Kier alpha value is -0.810. The topological polar surface area (TPSA) is 84.2 Å². The summed E-state index contributed by atoms with van der Waals surface area (Å²) >= 11 is 0. The average Bonchev–Trinajstić information content (AvgIpc) is 2.50. The van der Waals surface area contributed by atoms with Crippen molar-refractivity contribution < 1.29 is 9.59 Å². The van der Waals surface area contributed by atoms with Gasteiger partial charge in [-0.15, -0.1) is 12.4 Å². The molecule has 130 valence electrons. The van der Waals surface area contributed by atoms with Crippen molar-refractivity contribution in [3.63, 3.8) is 0 Å². The molecule has 2 amide bonds. The van der Waals surface area contributed by atoms with Crippen LogP contribution in [0, 0.1) is 5.92 Å². The van der Waals surface area contributed by atoms with Crippen LogP contribution >= 0.6 is 12.4 Å². The minimum absolute atomic E-state index is 0. The molecule has 22 heavy (non-hydrogen) atoms.